The van der Waals surface area contributed by atoms with Crippen molar-refractivity contribution in [3.8, 4) is 5.75 Å². The monoisotopic (exact) mass is 305 g/mol. The number of aliphatic hydroxyl groups excluding tert-OH is 1. The van der Waals surface area contributed by atoms with Gasteiger partial charge in [-0.25, -0.2) is 0 Å². The summed E-state index contributed by atoms with van der Waals surface area (Å²) in [6.45, 7) is 1.73. The van der Waals surface area contributed by atoms with E-state index in [2.05, 4.69) is 5.32 Å². The molecule has 0 fully saturated rings. The van der Waals surface area contributed by atoms with Crippen LogP contribution in [0, 0.1) is 0 Å². The summed E-state index contributed by atoms with van der Waals surface area (Å²) >= 11 is 0. The third kappa shape index (κ3) is 6.48. The lowest BCUT2D eigenvalue weighted by atomic mass is 10.2. The van der Waals surface area contributed by atoms with Gasteiger partial charge in [-0.1, -0.05) is 13.3 Å². The molecule has 1 aromatic carbocycles. The minimum Gasteiger partial charge on any atom is -0.484 e. The van der Waals surface area contributed by atoms with Crippen LogP contribution in [0.4, 0.5) is 13.2 Å². The van der Waals surface area contributed by atoms with Crippen LogP contribution in [0.3, 0.4) is 0 Å². The van der Waals surface area contributed by atoms with Crippen LogP contribution in [0.5, 0.6) is 5.75 Å². The van der Waals surface area contributed by atoms with Crippen LogP contribution in [-0.2, 0) is 11.0 Å². The number of nitrogens with one attached hydrogen (secondary N) is 1. The number of alkyl halides is 3. The summed E-state index contributed by atoms with van der Waals surface area (Å²) in [5.74, 6) is -0.266. The smallest absolute Gasteiger partial charge is 0.416 e. The van der Waals surface area contributed by atoms with Crippen molar-refractivity contribution in [3.63, 3.8) is 0 Å². The number of benzene rings is 1. The molecule has 0 heterocycles. The Kier molecular flexibility index (Phi) is 6.48. The zero-order valence-electron chi connectivity index (χ0n) is 11.6. The molecule has 1 aromatic rings. The molecule has 118 valence electrons. The predicted molar refractivity (Wildman–Crippen MR) is 70.9 cm³/mol. The summed E-state index contributed by atoms with van der Waals surface area (Å²) in [6.07, 6.45) is -3.62. The molecule has 4 nitrogen and oxygen atoms in total. The molecule has 0 saturated carbocycles. The van der Waals surface area contributed by atoms with Gasteiger partial charge in [-0.3, -0.25) is 4.79 Å². The van der Waals surface area contributed by atoms with E-state index in [1.54, 1.807) is 0 Å². The maximum atomic E-state index is 12.3. The number of rotatable bonds is 7. The van der Waals surface area contributed by atoms with E-state index < -0.39 is 23.8 Å². The number of hydrogen-bond acceptors (Lipinski definition) is 3. The highest BCUT2D eigenvalue weighted by Crippen LogP contribution is 2.30. The van der Waals surface area contributed by atoms with E-state index in [9.17, 15) is 23.1 Å². The van der Waals surface area contributed by atoms with Gasteiger partial charge in [-0.15, -0.1) is 0 Å². The first-order chi connectivity index (χ1) is 9.82. The molecule has 1 rings (SSSR count). The number of hydrogen-bond donors (Lipinski definition) is 2. The summed E-state index contributed by atoms with van der Waals surface area (Å²) in [4.78, 5) is 11.4. The first kappa shape index (κ1) is 17.3. The Morgan fingerprint density at radius 2 is 1.95 bits per heavy atom. The minimum atomic E-state index is -4.40. The van der Waals surface area contributed by atoms with Crippen molar-refractivity contribution in [3.05, 3.63) is 29.8 Å². The van der Waals surface area contributed by atoms with Gasteiger partial charge in [-0.05, 0) is 30.7 Å². The van der Waals surface area contributed by atoms with Crippen LogP contribution in [-0.4, -0.2) is 30.3 Å². The fourth-order valence-corrected chi connectivity index (χ4v) is 1.61. The van der Waals surface area contributed by atoms with Gasteiger partial charge in [-0.2, -0.15) is 13.2 Å². The van der Waals surface area contributed by atoms with Crippen molar-refractivity contribution < 1.29 is 27.8 Å². The lowest BCUT2D eigenvalue weighted by Gasteiger charge is -2.12. The molecular weight excluding hydrogens is 287 g/mol. The molecule has 2 N–H and O–H groups in total. The summed E-state index contributed by atoms with van der Waals surface area (Å²) < 4.78 is 42.1. The molecule has 0 aliphatic carbocycles. The van der Waals surface area contributed by atoms with Gasteiger partial charge in [0.05, 0.1) is 11.7 Å². The Hall–Kier alpha value is -1.76. The topological polar surface area (TPSA) is 58.6 Å². The van der Waals surface area contributed by atoms with Crippen molar-refractivity contribution in [1.82, 2.24) is 5.32 Å². The molecule has 0 bridgehead atoms. The second-order valence-electron chi connectivity index (χ2n) is 4.56. The van der Waals surface area contributed by atoms with Crippen molar-refractivity contribution in [1.29, 1.82) is 0 Å². The van der Waals surface area contributed by atoms with Gasteiger partial charge < -0.3 is 15.2 Å². The zero-order valence-corrected chi connectivity index (χ0v) is 11.6. The first-order valence-corrected chi connectivity index (χ1v) is 6.57. The number of amides is 1. The fourth-order valence-electron chi connectivity index (χ4n) is 1.61. The molecule has 0 saturated heterocycles. The van der Waals surface area contributed by atoms with E-state index in [-0.39, 0.29) is 18.9 Å². The molecule has 0 aliphatic rings. The van der Waals surface area contributed by atoms with Crippen LogP contribution in [0.25, 0.3) is 0 Å². The van der Waals surface area contributed by atoms with Gasteiger partial charge >= 0.3 is 6.18 Å². The predicted octanol–water partition coefficient (Wildman–Crippen LogP) is 2.36. The van der Waals surface area contributed by atoms with Crippen molar-refractivity contribution in [2.45, 2.75) is 32.0 Å². The summed E-state index contributed by atoms with van der Waals surface area (Å²) in [5, 5.41) is 11.9. The Morgan fingerprint density at radius 1 is 1.33 bits per heavy atom. The van der Waals surface area contributed by atoms with Gasteiger partial charge in [0.1, 0.15) is 5.75 Å². The van der Waals surface area contributed by atoms with Crippen LogP contribution in [0.1, 0.15) is 25.3 Å². The summed E-state index contributed by atoms with van der Waals surface area (Å²) in [5.41, 5.74) is -0.776. The van der Waals surface area contributed by atoms with Crippen LogP contribution >= 0.6 is 0 Å². The highest BCUT2D eigenvalue weighted by Gasteiger charge is 2.30. The van der Waals surface area contributed by atoms with Crippen molar-refractivity contribution >= 4 is 5.91 Å². The molecule has 7 heteroatoms. The normalized spacial score (nSPS) is 12.8. The maximum Gasteiger partial charge on any atom is 0.416 e. The van der Waals surface area contributed by atoms with Gasteiger partial charge in [0, 0.05) is 6.54 Å². The van der Waals surface area contributed by atoms with Crippen LogP contribution < -0.4 is 10.1 Å². The quantitative estimate of drug-likeness (QED) is 0.813. The van der Waals surface area contributed by atoms with E-state index in [4.69, 9.17) is 4.74 Å². The van der Waals surface area contributed by atoms with Gasteiger partial charge in [0.15, 0.2) is 6.61 Å². The Labute approximate surface area is 120 Å². The Balaban J connectivity index is 2.36. The number of carbonyl (C=O) groups is 1. The summed E-state index contributed by atoms with van der Waals surface area (Å²) in [6, 6.07) is 4.08. The molecular formula is C14H18F3NO3. The molecule has 1 unspecified atom stereocenters. The highest BCUT2D eigenvalue weighted by atomic mass is 19.4. The van der Waals surface area contributed by atoms with Gasteiger partial charge in [0.2, 0.25) is 0 Å². The molecule has 1 atom stereocenters. The zero-order chi connectivity index (χ0) is 15.9. The number of aliphatic hydroxyl groups is 1. The molecule has 0 aromatic heterocycles. The van der Waals surface area contributed by atoms with Crippen molar-refractivity contribution in [2.75, 3.05) is 13.2 Å². The fraction of sp³-hybridized carbons (Fsp3) is 0.500. The largest absolute Gasteiger partial charge is 0.484 e. The number of halogens is 3. The molecule has 21 heavy (non-hydrogen) atoms. The molecule has 1 amide bonds. The van der Waals surface area contributed by atoms with E-state index in [1.807, 2.05) is 6.92 Å². The SMILES string of the molecule is CCCC(O)CNC(=O)COc1ccc(C(F)(F)F)cc1. The molecule has 0 radical (unpaired) electrons. The number of ether oxygens (including phenoxy) is 1. The van der Waals surface area contributed by atoms with E-state index in [1.165, 1.54) is 0 Å². The second kappa shape index (κ2) is 7.87. The maximum absolute atomic E-state index is 12.3. The third-order valence-corrected chi connectivity index (χ3v) is 2.71. The molecule has 0 spiro atoms. The standard InChI is InChI=1S/C14H18F3NO3/c1-2-3-11(19)8-18-13(20)9-21-12-6-4-10(5-7-12)14(15,16)17/h4-7,11,19H,2-3,8-9H2,1H3,(H,18,20). The average molecular weight is 305 g/mol. The lowest BCUT2D eigenvalue weighted by Crippen LogP contribution is -2.35. The highest BCUT2D eigenvalue weighted by molar-refractivity contribution is 5.77. The van der Waals surface area contributed by atoms with Crippen molar-refractivity contribution in [2.24, 2.45) is 0 Å². The van der Waals surface area contributed by atoms with Crippen LogP contribution in [0.2, 0.25) is 0 Å². The van der Waals surface area contributed by atoms with Gasteiger partial charge in [0.25, 0.3) is 5.91 Å². The Bertz CT molecular complexity index is 446. The van der Waals surface area contributed by atoms with Crippen LogP contribution in [0.15, 0.2) is 24.3 Å². The first-order valence-electron chi connectivity index (χ1n) is 6.57. The third-order valence-electron chi connectivity index (χ3n) is 2.71. The van der Waals surface area contributed by atoms with E-state index >= 15 is 0 Å². The number of carbonyl (C=O) groups excluding carboxylic acids is 1. The average Bonchev–Trinajstić information content (AvgIpc) is 2.43. The second-order valence-corrected chi connectivity index (χ2v) is 4.56. The minimum absolute atomic E-state index is 0.128. The lowest BCUT2D eigenvalue weighted by molar-refractivity contribution is -0.137. The summed E-state index contributed by atoms with van der Waals surface area (Å²) in [7, 11) is 0. The molecule has 0 aliphatic heterocycles. The Morgan fingerprint density at radius 3 is 2.48 bits per heavy atom. The van der Waals surface area contributed by atoms with E-state index in [0.29, 0.717) is 6.42 Å². The van der Waals surface area contributed by atoms with E-state index in [0.717, 1.165) is 30.7 Å².